The van der Waals surface area contributed by atoms with Gasteiger partial charge in [0.2, 0.25) is 11.8 Å². The Morgan fingerprint density at radius 2 is 1.59 bits per heavy atom. The van der Waals surface area contributed by atoms with Crippen molar-refractivity contribution in [3.8, 4) is 0 Å². The molecule has 6 rings (SSSR count). The maximum atomic E-state index is 13.6. The number of nitrogens with zero attached hydrogens (tertiary/aromatic N) is 3. The molecule has 2 unspecified atom stereocenters. The molecule has 2 amide bonds. The first-order valence-electron chi connectivity index (χ1n) is 14.9. The molecule has 1 spiro atoms. The quantitative estimate of drug-likeness (QED) is 0.472. The summed E-state index contributed by atoms with van der Waals surface area (Å²) in [6, 6.07) is 17.6. The van der Waals surface area contributed by atoms with Gasteiger partial charge in [0.05, 0.1) is 10.3 Å². The lowest BCUT2D eigenvalue weighted by Crippen LogP contribution is -2.46. The second-order valence-corrected chi connectivity index (χ2v) is 14.6. The molecule has 222 valence electrons. The second kappa shape index (κ2) is 12.1. The third-order valence-corrected chi connectivity index (χ3v) is 11.2. The molecule has 2 aromatic carbocycles. The fraction of sp³-hybridized carbons (Fsp3) is 0.562. The Balaban J connectivity index is 0.00000337. The first-order valence-corrected chi connectivity index (χ1v) is 16.8. The van der Waals surface area contributed by atoms with Gasteiger partial charge in [-0.3, -0.25) is 9.59 Å². The molecule has 0 bridgehead atoms. The molecule has 9 heteroatoms. The number of sulfone groups is 1. The molecule has 1 saturated carbocycles. The molecule has 3 saturated heterocycles. The molecule has 0 aromatic heterocycles. The van der Waals surface area contributed by atoms with E-state index in [1.54, 1.807) is 12.1 Å². The van der Waals surface area contributed by atoms with Gasteiger partial charge in [-0.1, -0.05) is 48.9 Å². The van der Waals surface area contributed by atoms with Crippen LogP contribution < -0.4 is 0 Å². The Bertz CT molecular complexity index is 1340. The topological polar surface area (TPSA) is 78.0 Å². The van der Waals surface area contributed by atoms with E-state index in [4.69, 9.17) is 0 Å². The van der Waals surface area contributed by atoms with Crippen molar-refractivity contribution >= 4 is 34.1 Å². The minimum Gasteiger partial charge on any atom is -0.341 e. The fourth-order valence-corrected chi connectivity index (χ4v) is 7.92. The number of carbonyl (C=O) groups is 2. The first kappa shape index (κ1) is 30.1. The highest BCUT2D eigenvalue weighted by atomic mass is 35.5. The van der Waals surface area contributed by atoms with E-state index in [0.717, 1.165) is 76.9 Å². The van der Waals surface area contributed by atoms with E-state index in [-0.39, 0.29) is 29.6 Å². The smallest absolute Gasteiger partial charge is 0.229 e. The summed E-state index contributed by atoms with van der Waals surface area (Å²) in [7, 11) is -3.23. The number of hydrogen-bond donors (Lipinski definition) is 0. The molecule has 3 aliphatic heterocycles. The Morgan fingerprint density at radius 3 is 2.20 bits per heavy atom. The van der Waals surface area contributed by atoms with Gasteiger partial charge in [-0.15, -0.1) is 12.4 Å². The molecule has 7 nitrogen and oxygen atoms in total. The van der Waals surface area contributed by atoms with Gasteiger partial charge >= 0.3 is 0 Å². The molecule has 0 radical (unpaired) electrons. The lowest BCUT2D eigenvalue weighted by Gasteiger charge is -2.39. The van der Waals surface area contributed by atoms with Crippen LogP contribution in [0.3, 0.4) is 0 Å². The average Bonchev–Trinajstić information content (AvgIpc) is 3.47. The van der Waals surface area contributed by atoms with Crippen LogP contribution in [0.15, 0.2) is 59.5 Å². The monoisotopic (exact) mass is 599 g/mol. The van der Waals surface area contributed by atoms with Crippen molar-refractivity contribution in [1.29, 1.82) is 0 Å². The summed E-state index contributed by atoms with van der Waals surface area (Å²) in [4.78, 5) is 33.6. The van der Waals surface area contributed by atoms with Crippen molar-refractivity contribution < 1.29 is 18.0 Å². The van der Waals surface area contributed by atoms with Crippen LogP contribution in [-0.4, -0.2) is 80.5 Å². The lowest BCUT2D eigenvalue weighted by atomic mass is 9.76. The number of carbonyl (C=O) groups excluding carboxylic acids is 2. The molecular formula is C32H42ClN3O4S. The van der Waals surface area contributed by atoms with Gasteiger partial charge in [0.15, 0.2) is 9.84 Å². The summed E-state index contributed by atoms with van der Waals surface area (Å²) in [6.45, 7) is 5.73. The molecule has 2 atom stereocenters. The van der Waals surface area contributed by atoms with E-state index in [0.29, 0.717) is 29.2 Å². The molecule has 0 N–H and O–H groups in total. The van der Waals surface area contributed by atoms with Crippen molar-refractivity contribution in [3.63, 3.8) is 0 Å². The maximum Gasteiger partial charge on any atom is 0.229 e. The number of likely N-dealkylation sites (tertiary alicyclic amines) is 3. The highest BCUT2D eigenvalue weighted by Gasteiger charge is 2.48. The van der Waals surface area contributed by atoms with E-state index in [1.807, 2.05) is 17.0 Å². The summed E-state index contributed by atoms with van der Waals surface area (Å²) in [5, 5.41) is 0. The molecule has 1 aliphatic carbocycles. The molecule has 2 aromatic rings. The summed E-state index contributed by atoms with van der Waals surface area (Å²) in [5.74, 6) is 1.61. The zero-order valence-corrected chi connectivity index (χ0v) is 25.5. The molecule has 4 aliphatic rings. The minimum atomic E-state index is -3.23. The van der Waals surface area contributed by atoms with E-state index in [9.17, 15) is 18.0 Å². The number of halogens is 1. The summed E-state index contributed by atoms with van der Waals surface area (Å²) in [6.07, 6.45) is 7.12. The van der Waals surface area contributed by atoms with E-state index in [2.05, 4.69) is 40.1 Å². The van der Waals surface area contributed by atoms with E-state index in [1.165, 1.54) is 18.2 Å². The highest BCUT2D eigenvalue weighted by molar-refractivity contribution is 7.90. The molecule has 3 heterocycles. The molecular weight excluding hydrogens is 558 g/mol. The van der Waals surface area contributed by atoms with Gasteiger partial charge in [-0.25, -0.2) is 8.42 Å². The maximum absolute atomic E-state index is 13.6. The van der Waals surface area contributed by atoms with Crippen molar-refractivity contribution in [2.24, 2.45) is 17.3 Å². The van der Waals surface area contributed by atoms with Crippen LogP contribution in [0.1, 0.15) is 55.6 Å². The number of hydrogen-bond acceptors (Lipinski definition) is 5. The predicted octanol–water partition coefficient (Wildman–Crippen LogP) is 4.37. The normalized spacial score (nSPS) is 24.9. The molecule has 4 fully saturated rings. The van der Waals surface area contributed by atoms with Crippen LogP contribution in [-0.2, 0) is 26.0 Å². The van der Waals surface area contributed by atoms with Crippen LogP contribution in [0, 0.1) is 17.3 Å². The van der Waals surface area contributed by atoms with Crippen LogP contribution in [0.25, 0.3) is 0 Å². The second-order valence-electron chi connectivity index (χ2n) is 12.6. The van der Waals surface area contributed by atoms with Crippen molar-refractivity contribution in [2.45, 2.75) is 55.9 Å². The lowest BCUT2D eigenvalue weighted by molar-refractivity contribution is -0.139. The summed E-state index contributed by atoms with van der Waals surface area (Å²) < 4.78 is 23.5. The predicted molar refractivity (Wildman–Crippen MR) is 162 cm³/mol. The molecule has 41 heavy (non-hydrogen) atoms. The third-order valence-electron chi connectivity index (χ3n) is 10.1. The number of rotatable bonds is 7. The van der Waals surface area contributed by atoms with Crippen molar-refractivity contribution in [3.05, 3.63) is 65.7 Å². The van der Waals surface area contributed by atoms with Crippen LogP contribution >= 0.6 is 12.4 Å². The van der Waals surface area contributed by atoms with Crippen LogP contribution in [0.4, 0.5) is 0 Å². The van der Waals surface area contributed by atoms with Crippen LogP contribution in [0.5, 0.6) is 0 Å². The fourth-order valence-electron chi connectivity index (χ4n) is 7.29. The SMILES string of the molecule is CS(=O)(=O)c1ccc(CN2CCC3(CCN(CC4CN(C(=O)C5CCC5)CC4c4ccccc4)CC3)C2=O)cc1.Cl. The average molecular weight is 600 g/mol. The van der Waals surface area contributed by atoms with Crippen molar-refractivity contribution in [1.82, 2.24) is 14.7 Å². The third kappa shape index (κ3) is 6.20. The Hall–Kier alpha value is -2.42. The van der Waals surface area contributed by atoms with Gasteiger partial charge in [0, 0.05) is 50.8 Å². The highest BCUT2D eigenvalue weighted by Crippen LogP contribution is 2.43. The van der Waals surface area contributed by atoms with Crippen molar-refractivity contribution in [2.75, 3.05) is 45.5 Å². The van der Waals surface area contributed by atoms with E-state index >= 15 is 0 Å². The van der Waals surface area contributed by atoms with Gasteiger partial charge in [0.25, 0.3) is 0 Å². The Labute approximate surface area is 250 Å². The number of piperidine rings is 1. The van der Waals surface area contributed by atoms with Crippen LogP contribution in [0.2, 0.25) is 0 Å². The summed E-state index contributed by atoms with van der Waals surface area (Å²) >= 11 is 0. The summed E-state index contributed by atoms with van der Waals surface area (Å²) in [5.41, 5.74) is 2.02. The largest absolute Gasteiger partial charge is 0.341 e. The van der Waals surface area contributed by atoms with Gasteiger partial charge in [-0.2, -0.15) is 0 Å². The van der Waals surface area contributed by atoms with E-state index < -0.39 is 9.84 Å². The van der Waals surface area contributed by atoms with Gasteiger partial charge in [0.1, 0.15) is 0 Å². The number of benzene rings is 2. The zero-order chi connectivity index (χ0) is 27.9. The van der Waals surface area contributed by atoms with Gasteiger partial charge in [-0.05, 0) is 74.4 Å². The van der Waals surface area contributed by atoms with Gasteiger partial charge < -0.3 is 14.7 Å². The standard InChI is InChI=1S/C32H41N3O4S.ClH/c1-40(38,39)28-12-10-24(11-13-28)20-34-19-16-32(31(34)37)14-17-33(18-15-32)21-27-22-35(30(36)26-8-5-9-26)23-29(27)25-6-3-2-4-7-25;/h2-4,6-7,10-13,26-27,29H,5,8-9,14-23H2,1H3;1H. The Morgan fingerprint density at radius 1 is 0.927 bits per heavy atom. The zero-order valence-electron chi connectivity index (χ0n) is 23.9. The Kier molecular flexibility index (Phi) is 8.84. The first-order chi connectivity index (χ1) is 19.2. The number of amides is 2. The minimum absolute atomic E-state index is 0.